The first kappa shape index (κ1) is 19.9. The van der Waals surface area contributed by atoms with Gasteiger partial charge >= 0.3 is 0 Å². The lowest BCUT2D eigenvalue weighted by atomic mass is 10.2. The van der Waals surface area contributed by atoms with E-state index in [0.717, 1.165) is 22.2 Å². The molecule has 1 heterocycles. The van der Waals surface area contributed by atoms with Crippen LogP contribution < -0.4 is 0 Å². The van der Waals surface area contributed by atoms with E-state index in [1.807, 2.05) is 47.9 Å². The second kappa shape index (κ2) is 9.37. The minimum Gasteiger partial charge on any atom is -0.390 e. The molecule has 0 aliphatic carbocycles. The van der Waals surface area contributed by atoms with E-state index in [9.17, 15) is 5.11 Å². The Labute approximate surface area is 168 Å². The maximum absolute atomic E-state index is 10.2. The summed E-state index contributed by atoms with van der Waals surface area (Å²) in [5, 5.41) is 20.1. The van der Waals surface area contributed by atoms with Crippen LogP contribution in [-0.4, -0.2) is 38.3 Å². The zero-order valence-corrected chi connectivity index (χ0v) is 16.9. The third-order valence-electron chi connectivity index (χ3n) is 3.98. The molecule has 0 fully saturated rings. The molecule has 0 spiro atoms. The monoisotopic (exact) mass is 403 g/mol. The van der Waals surface area contributed by atoms with Gasteiger partial charge in [0.1, 0.15) is 5.82 Å². The molecule has 1 unspecified atom stereocenters. The Morgan fingerprint density at radius 3 is 2.48 bits per heavy atom. The van der Waals surface area contributed by atoms with E-state index >= 15 is 0 Å². The van der Waals surface area contributed by atoms with Crippen molar-refractivity contribution in [3.63, 3.8) is 0 Å². The Balaban J connectivity index is 1.52. The van der Waals surface area contributed by atoms with Gasteiger partial charge in [-0.3, -0.25) is 4.57 Å². The fraction of sp³-hybridized carbons (Fsp3) is 0.300. The molecule has 1 N–H and O–H groups in total. The maximum atomic E-state index is 10.2. The van der Waals surface area contributed by atoms with Crippen LogP contribution in [0.4, 0.5) is 0 Å². The van der Waals surface area contributed by atoms with Crippen molar-refractivity contribution < 1.29 is 9.84 Å². The highest BCUT2D eigenvalue weighted by atomic mass is 35.5. The first-order chi connectivity index (χ1) is 13.0. The molecule has 3 aromatic rings. The summed E-state index contributed by atoms with van der Waals surface area (Å²) in [5.41, 5.74) is 3.24. The van der Waals surface area contributed by atoms with Gasteiger partial charge in [0, 0.05) is 16.5 Å². The smallest absolute Gasteiger partial charge is 0.195 e. The summed E-state index contributed by atoms with van der Waals surface area (Å²) >= 11 is 7.33. The van der Waals surface area contributed by atoms with Crippen molar-refractivity contribution in [2.45, 2.75) is 31.7 Å². The van der Waals surface area contributed by atoms with Gasteiger partial charge in [-0.15, -0.1) is 10.2 Å². The van der Waals surface area contributed by atoms with Crippen LogP contribution in [0.3, 0.4) is 0 Å². The van der Waals surface area contributed by atoms with E-state index in [4.69, 9.17) is 16.3 Å². The number of ether oxygens (including phenoxy) is 1. The largest absolute Gasteiger partial charge is 0.390 e. The molecule has 2 aromatic carbocycles. The summed E-state index contributed by atoms with van der Waals surface area (Å²) in [4.78, 5) is 0. The van der Waals surface area contributed by atoms with Gasteiger partial charge in [-0.2, -0.15) is 0 Å². The highest BCUT2D eigenvalue weighted by Crippen LogP contribution is 2.23. The van der Waals surface area contributed by atoms with E-state index in [-0.39, 0.29) is 6.61 Å². The third kappa shape index (κ3) is 5.56. The first-order valence-corrected chi connectivity index (χ1v) is 10.0. The van der Waals surface area contributed by atoms with Crippen LogP contribution in [0, 0.1) is 13.8 Å². The van der Waals surface area contributed by atoms with Crippen molar-refractivity contribution in [2.75, 3.05) is 12.4 Å². The van der Waals surface area contributed by atoms with E-state index in [1.165, 1.54) is 17.3 Å². The zero-order chi connectivity index (χ0) is 19.2. The highest BCUT2D eigenvalue weighted by Gasteiger charge is 2.14. The number of hydrogen-bond acceptors (Lipinski definition) is 5. The quantitative estimate of drug-likeness (QED) is 0.571. The van der Waals surface area contributed by atoms with Crippen molar-refractivity contribution in [2.24, 2.45) is 0 Å². The molecule has 1 atom stereocenters. The van der Waals surface area contributed by atoms with Gasteiger partial charge in [0.2, 0.25) is 0 Å². The van der Waals surface area contributed by atoms with E-state index in [1.54, 1.807) is 0 Å². The molecule has 27 heavy (non-hydrogen) atoms. The second-order valence-electron chi connectivity index (χ2n) is 6.31. The molecule has 7 heteroatoms. The molecule has 1 aromatic heterocycles. The summed E-state index contributed by atoms with van der Waals surface area (Å²) in [6.07, 6.45) is -0.592. The number of aliphatic hydroxyl groups is 1. The van der Waals surface area contributed by atoms with Crippen LogP contribution in [0.2, 0.25) is 5.02 Å². The molecular formula is C20H22ClN3O2S. The van der Waals surface area contributed by atoms with Crippen LogP contribution >= 0.6 is 23.4 Å². The summed E-state index contributed by atoms with van der Waals surface area (Å²) in [6.45, 7) is 4.67. The zero-order valence-electron chi connectivity index (χ0n) is 15.3. The van der Waals surface area contributed by atoms with Crippen molar-refractivity contribution in [3.8, 4) is 5.69 Å². The highest BCUT2D eigenvalue weighted by molar-refractivity contribution is 7.99. The van der Waals surface area contributed by atoms with Gasteiger partial charge in [-0.05, 0) is 43.7 Å². The van der Waals surface area contributed by atoms with Gasteiger partial charge in [-0.25, -0.2) is 0 Å². The molecule has 0 radical (unpaired) electrons. The molecular weight excluding hydrogens is 382 g/mol. The van der Waals surface area contributed by atoms with Crippen LogP contribution in [0.1, 0.15) is 17.0 Å². The molecule has 0 saturated carbocycles. The number of nitrogens with zero attached hydrogens (tertiary/aromatic N) is 3. The number of thioether (sulfide) groups is 1. The van der Waals surface area contributed by atoms with Gasteiger partial charge in [0.05, 0.1) is 19.3 Å². The number of halogens is 1. The molecule has 5 nitrogen and oxygen atoms in total. The third-order valence-corrected chi connectivity index (χ3v) is 5.31. The van der Waals surface area contributed by atoms with E-state index < -0.39 is 6.10 Å². The first-order valence-electron chi connectivity index (χ1n) is 8.65. The lowest BCUT2D eigenvalue weighted by Gasteiger charge is -2.12. The van der Waals surface area contributed by atoms with Crippen molar-refractivity contribution in [3.05, 3.63) is 70.5 Å². The lowest BCUT2D eigenvalue weighted by Crippen LogP contribution is -2.18. The predicted octanol–water partition coefficient (Wildman–Crippen LogP) is 4.21. The molecule has 0 aliphatic rings. The average molecular weight is 404 g/mol. The standard InChI is InChI=1S/C20H22ClN3O2S/c1-14-3-9-18(10-4-14)24-15(2)22-23-20(24)27-13-19(25)12-26-11-16-5-7-17(21)8-6-16/h3-10,19,25H,11-13H2,1-2H3. The number of aromatic nitrogens is 3. The lowest BCUT2D eigenvalue weighted by molar-refractivity contribution is 0.0398. The van der Waals surface area contributed by atoms with Crippen LogP contribution in [0.5, 0.6) is 0 Å². The molecule has 0 saturated heterocycles. The Morgan fingerprint density at radius 1 is 1.07 bits per heavy atom. The summed E-state index contributed by atoms with van der Waals surface area (Å²) < 4.78 is 7.59. The average Bonchev–Trinajstić information content (AvgIpc) is 3.03. The SMILES string of the molecule is Cc1ccc(-n2c(C)nnc2SCC(O)COCc2ccc(Cl)cc2)cc1. The van der Waals surface area contributed by atoms with Crippen molar-refractivity contribution >= 4 is 23.4 Å². The van der Waals surface area contributed by atoms with Crippen LogP contribution in [-0.2, 0) is 11.3 Å². The Morgan fingerprint density at radius 2 is 1.78 bits per heavy atom. The minimum atomic E-state index is -0.592. The van der Waals surface area contributed by atoms with Gasteiger partial charge < -0.3 is 9.84 Å². The second-order valence-corrected chi connectivity index (χ2v) is 7.73. The van der Waals surface area contributed by atoms with Gasteiger partial charge in [0.15, 0.2) is 5.16 Å². The van der Waals surface area contributed by atoms with Gasteiger partial charge in [0.25, 0.3) is 0 Å². The maximum Gasteiger partial charge on any atom is 0.195 e. The molecule has 3 rings (SSSR count). The Bertz CT molecular complexity index is 866. The van der Waals surface area contributed by atoms with E-state index in [2.05, 4.69) is 29.3 Å². The molecule has 0 bridgehead atoms. The summed E-state index contributed by atoms with van der Waals surface area (Å²) in [5.74, 6) is 1.29. The normalized spacial score (nSPS) is 12.3. The van der Waals surface area contributed by atoms with Crippen molar-refractivity contribution in [1.82, 2.24) is 14.8 Å². The number of hydrogen-bond donors (Lipinski definition) is 1. The number of rotatable bonds is 8. The van der Waals surface area contributed by atoms with Crippen LogP contribution in [0.15, 0.2) is 53.7 Å². The fourth-order valence-corrected chi connectivity index (χ4v) is 3.57. The van der Waals surface area contributed by atoms with Crippen molar-refractivity contribution in [1.29, 1.82) is 0 Å². The molecule has 142 valence electrons. The van der Waals surface area contributed by atoms with E-state index in [0.29, 0.717) is 17.4 Å². The van der Waals surface area contributed by atoms with Crippen LogP contribution in [0.25, 0.3) is 5.69 Å². The van der Waals surface area contributed by atoms with Gasteiger partial charge in [-0.1, -0.05) is 53.2 Å². The summed E-state index contributed by atoms with van der Waals surface area (Å²) in [6, 6.07) is 15.7. The summed E-state index contributed by atoms with van der Waals surface area (Å²) in [7, 11) is 0. The molecule has 0 aliphatic heterocycles. The molecule has 0 amide bonds. The topological polar surface area (TPSA) is 60.2 Å². The minimum absolute atomic E-state index is 0.257. The Hall–Kier alpha value is -1.86. The number of aryl methyl sites for hydroxylation is 2. The fourth-order valence-electron chi connectivity index (χ4n) is 2.54. The predicted molar refractivity (Wildman–Crippen MR) is 109 cm³/mol. The Kier molecular flexibility index (Phi) is 6.90. The number of benzene rings is 2. The number of aliphatic hydroxyl groups excluding tert-OH is 1.